The van der Waals surface area contributed by atoms with Gasteiger partial charge in [0.15, 0.2) is 0 Å². The molecular weight excluding hydrogens is 488 g/mol. The molecule has 0 saturated carbocycles. The number of carbonyl (C=O) groups excluding carboxylic acids is 3. The van der Waals surface area contributed by atoms with E-state index in [0.29, 0.717) is 37.3 Å². The summed E-state index contributed by atoms with van der Waals surface area (Å²) in [6, 6.07) is 11.1. The van der Waals surface area contributed by atoms with Crippen molar-refractivity contribution in [1.29, 1.82) is 0 Å². The summed E-state index contributed by atoms with van der Waals surface area (Å²) in [5.74, 6) is -0.665. The molecule has 3 aromatic rings. The molecule has 1 aliphatic rings. The molecule has 1 fully saturated rings. The standard InChI is InChI=1S/C27H32N6O5/c1-18-11-20(12-19(2)31-18)16-38-23-5-3-21(4-6-23)27(8-10-33(26(27)36)15-25(35)32-37)13-24(34)29-9-7-22-14-28-17-30-22/h3-6,11-12,14,17,37H,7-10,13,15-16H2,1-2H3,(H,28,30)(H,29,34)(H,32,35). The summed E-state index contributed by atoms with van der Waals surface area (Å²) >= 11 is 0. The molecule has 11 heteroatoms. The summed E-state index contributed by atoms with van der Waals surface area (Å²) in [5, 5.41) is 11.8. The number of carbonyl (C=O) groups is 3. The van der Waals surface area contributed by atoms with Crippen molar-refractivity contribution in [3.63, 3.8) is 0 Å². The highest BCUT2D eigenvalue weighted by Gasteiger charge is 2.49. The minimum Gasteiger partial charge on any atom is -0.489 e. The lowest BCUT2D eigenvalue weighted by Crippen LogP contribution is -2.44. The molecule has 3 amide bonds. The zero-order valence-electron chi connectivity index (χ0n) is 21.5. The summed E-state index contributed by atoms with van der Waals surface area (Å²) in [6.45, 7) is 4.63. The molecule has 2 aromatic heterocycles. The van der Waals surface area contributed by atoms with Gasteiger partial charge in [0.2, 0.25) is 11.8 Å². The first-order chi connectivity index (χ1) is 18.3. The smallest absolute Gasteiger partial charge is 0.262 e. The van der Waals surface area contributed by atoms with E-state index < -0.39 is 11.3 Å². The summed E-state index contributed by atoms with van der Waals surface area (Å²) in [7, 11) is 0. The average molecular weight is 521 g/mol. The first-order valence-corrected chi connectivity index (χ1v) is 12.4. The van der Waals surface area contributed by atoms with Crippen molar-refractivity contribution < 1.29 is 24.3 Å². The lowest BCUT2D eigenvalue weighted by atomic mass is 9.76. The van der Waals surface area contributed by atoms with Crippen LogP contribution in [0.25, 0.3) is 0 Å². The molecule has 0 radical (unpaired) electrons. The zero-order valence-corrected chi connectivity index (χ0v) is 21.5. The monoisotopic (exact) mass is 520 g/mol. The van der Waals surface area contributed by atoms with Crippen molar-refractivity contribution in [2.24, 2.45) is 0 Å². The van der Waals surface area contributed by atoms with E-state index in [1.807, 2.05) is 26.0 Å². The number of imidazole rings is 1. The van der Waals surface area contributed by atoms with Crippen LogP contribution in [0.15, 0.2) is 48.9 Å². The number of hydrogen-bond acceptors (Lipinski definition) is 7. The summed E-state index contributed by atoms with van der Waals surface area (Å²) in [4.78, 5) is 51.0. The Bertz CT molecular complexity index is 1260. The Morgan fingerprint density at radius 3 is 2.55 bits per heavy atom. The highest BCUT2D eigenvalue weighted by Crippen LogP contribution is 2.39. The molecule has 4 N–H and O–H groups in total. The molecule has 1 aliphatic heterocycles. The number of nitrogens with one attached hydrogen (secondary N) is 3. The Morgan fingerprint density at radius 1 is 1.16 bits per heavy atom. The fourth-order valence-corrected chi connectivity index (χ4v) is 4.87. The van der Waals surface area contributed by atoms with E-state index in [4.69, 9.17) is 9.94 Å². The Hall–Kier alpha value is -4.25. The van der Waals surface area contributed by atoms with Crippen LogP contribution in [0.3, 0.4) is 0 Å². The predicted octanol–water partition coefficient (Wildman–Crippen LogP) is 1.73. The van der Waals surface area contributed by atoms with Gasteiger partial charge in [0.1, 0.15) is 18.9 Å². The van der Waals surface area contributed by atoms with Crippen molar-refractivity contribution in [3.8, 4) is 5.75 Å². The van der Waals surface area contributed by atoms with Crippen LogP contribution in [-0.4, -0.2) is 62.4 Å². The van der Waals surface area contributed by atoms with Crippen LogP contribution < -0.4 is 15.5 Å². The Morgan fingerprint density at radius 2 is 1.89 bits per heavy atom. The number of amides is 3. The Kier molecular flexibility index (Phi) is 8.37. The maximum atomic E-state index is 13.6. The normalized spacial score (nSPS) is 16.9. The molecule has 0 spiro atoms. The lowest BCUT2D eigenvalue weighted by molar-refractivity contribution is -0.140. The first-order valence-electron chi connectivity index (χ1n) is 12.4. The topological polar surface area (TPSA) is 150 Å². The number of nitrogens with zero attached hydrogens (tertiary/aromatic N) is 3. The van der Waals surface area contributed by atoms with Gasteiger partial charge in [0.05, 0.1) is 11.7 Å². The molecule has 38 heavy (non-hydrogen) atoms. The number of likely N-dealkylation sites (tertiary alicyclic amines) is 1. The highest BCUT2D eigenvalue weighted by molar-refractivity contribution is 5.97. The van der Waals surface area contributed by atoms with Gasteiger partial charge in [-0.3, -0.25) is 24.6 Å². The largest absolute Gasteiger partial charge is 0.489 e. The quantitative estimate of drug-likeness (QED) is 0.222. The van der Waals surface area contributed by atoms with Gasteiger partial charge < -0.3 is 19.9 Å². The van der Waals surface area contributed by atoms with Crippen LogP contribution >= 0.6 is 0 Å². The van der Waals surface area contributed by atoms with Crippen molar-refractivity contribution >= 4 is 17.7 Å². The second-order valence-electron chi connectivity index (χ2n) is 9.52. The first kappa shape index (κ1) is 26.8. The molecule has 11 nitrogen and oxygen atoms in total. The van der Waals surface area contributed by atoms with Crippen LogP contribution in [0.1, 0.15) is 41.1 Å². The van der Waals surface area contributed by atoms with Gasteiger partial charge in [0, 0.05) is 49.2 Å². The number of aromatic amines is 1. The van der Waals surface area contributed by atoms with Gasteiger partial charge in [0.25, 0.3) is 5.91 Å². The molecule has 4 rings (SSSR count). The fourth-order valence-electron chi connectivity index (χ4n) is 4.87. The van der Waals surface area contributed by atoms with E-state index in [2.05, 4.69) is 20.3 Å². The number of hydroxylamine groups is 1. The maximum absolute atomic E-state index is 13.6. The van der Waals surface area contributed by atoms with Crippen LogP contribution in [0.4, 0.5) is 0 Å². The number of rotatable bonds is 11. The van der Waals surface area contributed by atoms with E-state index >= 15 is 0 Å². The van der Waals surface area contributed by atoms with E-state index in [-0.39, 0.29) is 31.3 Å². The van der Waals surface area contributed by atoms with Gasteiger partial charge in [-0.1, -0.05) is 12.1 Å². The van der Waals surface area contributed by atoms with Gasteiger partial charge in [-0.05, 0) is 55.7 Å². The van der Waals surface area contributed by atoms with Crippen LogP contribution in [-0.2, 0) is 32.8 Å². The molecule has 0 bridgehead atoms. The second-order valence-corrected chi connectivity index (χ2v) is 9.52. The third-order valence-corrected chi connectivity index (χ3v) is 6.65. The molecule has 1 saturated heterocycles. The predicted molar refractivity (Wildman–Crippen MR) is 137 cm³/mol. The minimum atomic E-state index is -1.13. The molecule has 0 aliphatic carbocycles. The number of hydrogen-bond donors (Lipinski definition) is 4. The van der Waals surface area contributed by atoms with E-state index in [1.165, 1.54) is 4.90 Å². The lowest BCUT2D eigenvalue weighted by Gasteiger charge is -2.28. The minimum absolute atomic E-state index is 0.0676. The summed E-state index contributed by atoms with van der Waals surface area (Å²) < 4.78 is 5.95. The van der Waals surface area contributed by atoms with Gasteiger partial charge in [-0.2, -0.15) is 0 Å². The zero-order chi connectivity index (χ0) is 27.1. The number of pyridine rings is 1. The Balaban J connectivity index is 1.48. The van der Waals surface area contributed by atoms with Gasteiger partial charge >= 0.3 is 0 Å². The van der Waals surface area contributed by atoms with E-state index in [1.54, 1.807) is 42.3 Å². The Labute approximate surface area is 220 Å². The van der Waals surface area contributed by atoms with Crippen molar-refractivity contribution in [2.45, 2.75) is 45.1 Å². The van der Waals surface area contributed by atoms with Gasteiger partial charge in [-0.15, -0.1) is 0 Å². The summed E-state index contributed by atoms with van der Waals surface area (Å²) in [6.07, 6.45) is 4.14. The van der Waals surface area contributed by atoms with Crippen LogP contribution in [0.2, 0.25) is 0 Å². The van der Waals surface area contributed by atoms with Crippen LogP contribution in [0, 0.1) is 13.8 Å². The molecule has 3 heterocycles. The number of H-pyrrole nitrogens is 1. The molecule has 1 unspecified atom stereocenters. The van der Waals surface area contributed by atoms with E-state index in [0.717, 1.165) is 22.6 Å². The molecule has 1 atom stereocenters. The maximum Gasteiger partial charge on any atom is 0.262 e. The third kappa shape index (κ3) is 6.35. The average Bonchev–Trinajstić information content (AvgIpc) is 3.52. The number of aryl methyl sites for hydroxylation is 2. The highest BCUT2D eigenvalue weighted by atomic mass is 16.5. The van der Waals surface area contributed by atoms with Crippen molar-refractivity contribution in [2.75, 3.05) is 19.6 Å². The number of ether oxygens (including phenoxy) is 1. The van der Waals surface area contributed by atoms with Gasteiger partial charge in [-0.25, -0.2) is 10.5 Å². The number of benzene rings is 1. The SMILES string of the molecule is Cc1cc(COc2ccc(C3(CC(=O)NCCc4cnc[nH]4)CCN(CC(=O)NO)C3=O)cc2)cc(C)n1. The van der Waals surface area contributed by atoms with Crippen molar-refractivity contribution in [3.05, 3.63) is 77.1 Å². The molecular formula is C27H32N6O5. The van der Waals surface area contributed by atoms with Crippen molar-refractivity contribution in [1.82, 2.24) is 30.6 Å². The van der Waals surface area contributed by atoms with E-state index in [9.17, 15) is 14.4 Å². The molecule has 1 aromatic carbocycles. The van der Waals surface area contributed by atoms with Crippen LogP contribution in [0.5, 0.6) is 5.75 Å². The fraction of sp³-hybridized carbons (Fsp3) is 0.370. The third-order valence-electron chi connectivity index (χ3n) is 6.65. The summed E-state index contributed by atoms with van der Waals surface area (Å²) in [5.41, 5.74) is 4.84. The second kappa shape index (κ2) is 11.9. The number of aromatic nitrogens is 3. The molecule has 200 valence electrons.